The number of aryl methyl sites for hydroxylation is 1. The van der Waals surface area contributed by atoms with Crippen molar-refractivity contribution in [2.75, 3.05) is 0 Å². The monoisotopic (exact) mass is 631 g/mol. The smallest absolute Gasteiger partial charge is 0.163 e. The molecule has 2 atom stereocenters. The van der Waals surface area contributed by atoms with Gasteiger partial charge in [0.1, 0.15) is 17.2 Å². The highest BCUT2D eigenvalue weighted by atomic mass is 32.2. The fourth-order valence-corrected chi connectivity index (χ4v) is 9.57. The molecule has 47 heavy (non-hydrogen) atoms. The van der Waals surface area contributed by atoms with E-state index in [9.17, 15) is 0 Å². The summed E-state index contributed by atoms with van der Waals surface area (Å²) in [4.78, 5) is 16.9. The lowest BCUT2D eigenvalue weighted by Gasteiger charge is -2.43. The molecule has 4 nitrogen and oxygen atoms in total. The molecule has 4 aromatic rings. The first-order valence-corrected chi connectivity index (χ1v) is 17.8. The molecule has 0 saturated heterocycles. The van der Waals surface area contributed by atoms with Gasteiger partial charge in [0.25, 0.3) is 0 Å². The van der Waals surface area contributed by atoms with E-state index in [1.54, 1.807) is 10.5 Å². The van der Waals surface area contributed by atoms with Gasteiger partial charge in [-0.2, -0.15) is 0 Å². The zero-order valence-electron chi connectivity index (χ0n) is 26.9. The number of nitrogens with zero attached hydrogens (tertiary/aromatic N) is 3. The van der Waals surface area contributed by atoms with Crippen molar-refractivity contribution >= 4 is 28.8 Å². The van der Waals surface area contributed by atoms with Gasteiger partial charge in [-0.25, -0.2) is 15.0 Å². The third-order valence-corrected chi connectivity index (χ3v) is 11.9. The van der Waals surface area contributed by atoms with E-state index in [1.807, 2.05) is 18.2 Å². The standard InChI is InChI=1S/C42H37N3OS/c1-42(2)33-16-7-9-18-37(33)47-38-22-20-28(24-34(38)42)27-13-10-14-29(23-27)40-43-39(26-11-4-3-5-12-26)44-41(45-40)30-19-21-32-31-15-6-8-17-35(31)46-36(32)25-30/h3-7,9-16,19,21,24-25,29,37H,8,17-18,20,22-23H2,1-2H3. The molecule has 0 fully saturated rings. The molecule has 5 aliphatic rings. The fourth-order valence-electron chi connectivity index (χ4n) is 7.86. The first-order chi connectivity index (χ1) is 23.0. The van der Waals surface area contributed by atoms with Crippen LogP contribution in [0.3, 0.4) is 0 Å². The van der Waals surface area contributed by atoms with E-state index in [2.05, 4.69) is 111 Å². The molecule has 0 radical (unpaired) electrons. The Balaban J connectivity index is 1.07. The summed E-state index contributed by atoms with van der Waals surface area (Å²) in [6, 6.07) is 16.6. The molecular weight excluding hydrogens is 595 g/mol. The van der Waals surface area contributed by atoms with E-state index in [4.69, 9.17) is 19.4 Å². The van der Waals surface area contributed by atoms with Crippen molar-refractivity contribution in [3.8, 4) is 22.8 Å². The van der Waals surface area contributed by atoms with Crippen molar-refractivity contribution in [2.45, 2.75) is 63.5 Å². The highest BCUT2D eigenvalue weighted by molar-refractivity contribution is 8.04. The summed E-state index contributed by atoms with van der Waals surface area (Å²) in [5.74, 6) is 3.32. The van der Waals surface area contributed by atoms with Crippen LogP contribution in [0.15, 0.2) is 129 Å². The molecule has 0 amide bonds. The van der Waals surface area contributed by atoms with Crippen LogP contribution in [0.4, 0.5) is 0 Å². The Morgan fingerprint density at radius 1 is 0.851 bits per heavy atom. The van der Waals surface area contributed by atoms with Gasteiger partial charge in [0.15, 0.2) is 11.6 Å². The molecule has 9 rings (SSSR count). The van der Waals surface area contributed by atoms with E-state index in [0.29, 0.717) is 16.9 Å². The number of allylic oxidation sites excluding steroid dienone is 12. The summed E-state index contributed by atoms with van der Waals surface area (Å²) in [7, 11) is 0. The fraction of sp³-hybridized carbons (Fsp3) is 0.262. The third-order valence-electron chi connectivity index (χ3n) is 10.4. The summed E-state index contributed by atoms with van der Waals surface area (Å²) >= 11 is 2.10. The van der Waals surface area contributed by atoms with Crippen molar-refractivity contribution in [1.82, 2.24) is 15.0 Å². The van der Waals surface area contributed by atoms with Crippen LogP contribution in [0.5, 0.6) is 0 Å². The molecule has 2 aromatic carbocycles. The minimum Gasteiger partial charge on any atom is -0.460 e. The van der Waals surface area contributed by atoms with E-state index in [-0.39, 0.29) is 11.3 Å². The number of furan rings is 1. The van der Waals surface area contributed by atoms with Gasteiger partial charge in [-0.1, -0.05) is 105 Å². The molecule has 0 N–H and O–H groups in total. The quantitative estimate of drug-likeness (QED) is 0.224. The van der Waals surface area contributed by atoms with Crippen molar-refractivity contribution in [1.29, 1.82) is 0 Å². The first-order valence-electron chi connectivity index (χ1n) is 16.9. The predicted octanol–water partition coefficient (Wildman–Crippen LogP) is 10.9. The Hall–Kier alpha value is -4.48. The van der Waals surface area contributed by atoms with E-state index in [1.165, 1.54) is 22.3 Å². The summed E-state index contributed by atoms with van der Waals surface area (Å²) in [5, 5.41) is 1.73. The first kappa shape index (κ1) is 28.7. The van der Waals surface area contributed by atoms with Crippen LogP contribution in [0.2, 0.25) is 0 Å². The Morgan fingerprint density at radius 2 is 1.72 bits per heavy atom. The third kappa shape index (κ3) is 5.03. The van der Waals surface area contributed by atoms with Gasteiger partial charge in [-0.05, 0) is 71.4 Å². The summed E-state index contributed by atoms with van der Waals surface area (Å²) in [5.41, 5.74) is 9.99. The number of rotatable bonds is 4. The number of aromatic nitrogens is 3. The molecule has 0 saturated carbocycles. The molecule has 2 unspecified atom stereocenters. The highest BCUT2D eigenvalue weighted by Crippen LogP contribution is 2.56. The SMILES string of the molecule is CC1(C)C2=CC=CCC2SC2=C1C=C(C1=CC=CC(c3nc(-c4ccccc4)nc(-c4ccc5c6c(oc5c4)CCC=C6)n3)C1)CC2. The summed E-state index contributed by atoms with van der Waals surface area (Å²) in [6.07, 6.45) is 26.8. The lowest BCUT2D eigenvalue weighted by Crippen LogP contribution is -2.31. The highest BCUT2D eigenvalue weighted by Gasteiger charge is 2.40. The molecule has 3 heterocycles. The van der Waals surface area contributed by atoms with Gasteiger partial charge >= 0.3 is 0 Å². The molecule has 4 aliphatic carbocycles. The van der Waals surface area contributed by atoms with E-state index < -0.39 is 0 Å². The Bertz CT molecular complexity index is 2150. The van der Waals surface area contributed by atoms with Gasteiger partial charge in [0, 0.05) is 45.1 Å². The van der Waals surface area contributed by atoms with Crippen molar-refractivity contribution in [3.63, 3.8) is 0 Å². The second-order valence-electron chi connectivity index (χ2n) is 13.7. The van der Waals surface area contributed by atoms with E-state index >= 15 is 0 Å². The van der Waals surface area contributed by atoms with Crippen molar-refractivity contribution in [3.05, 3.63) is 141 Å². The number of benzene rings is 2. The van der Waals surface area contributed by atoms with Crippen LogP contribution < -0.4 is 0 Å². The Labute approximate surface area is 280 Å². The maximum absolute atomic E-state index is 6.32. The molecule has 2 aromatic heterocycles. The maximum Gasteiger partial charge on any atom is 0.163 e. The second-order valence-corrected chi connectivity index (χ2v) is 15.0. The van der Waals surface area contributed by atoms with Crippen LogP contribution in [0, 0.1) is 5.41 Å². The van der Waals surface area contributed by atoms with Gasteiger partial charge < -0.3 is 4.42 Å². The Morgan fingerprint density at radius 3 is 2.62 bits per heavy atom. The minimum atomic E-state index is 0.0461. The van der Waals surface area contributed by atoms with E-state index in [0.717, 1.165) is 72.2 Å². The zero-order chi connectivity index (χ0) is 31.5. The number of hydrogen-bond acceptors (Lipinski definition) is 5. The van der Waals surface area contributed by atoms with Crippen LogP contribution in [0.25, 0.3) is 39.8 Å². The van der Waals surface area contributed by atoms with Gasteiger partial charge in [0.05, 0.1) is 0 Å². The van der Waals surface area contributed by atoms with Gasteiger partial charge in [-0.15, -0.1) is 11.8 Å². The van der Waals surface area contributed by atoms with Crippen LogP contribution >= 0.6 is 11.8 Å². The predicted molar refractivity (Wildman–Crippen MR) is 194 cm³/mol. The summed E-state index contributed by atoms with van der Waals surface area (Å²) < 4.78 is 6.32. The lowest BCUT2D eigenvalue weighted by molar-refractivity contribution is 0.515. The molecule has 232 valence electrons. The topological polar surface area (TPSA) is 51.8 Å². The van der Waals surface area contributed by atoms with Gasteiger partial charge in [0.2, 0.25) is 0 Å². The van der Waals surface area contributed by atoms with Crippen LogP contribution in [-0.2, 0) is 6.42 Å². The average molecular weight is 632 g/mol. The molecule has 5 heteroatoms. The van der Waals surface area contributed by atoms with Gasteiger partial charge in [-0.3, -0.25) is 0 Å². The largest absolute Gasteiger partial charge is 0.460 e. The van der Waals surface area contributed by atoms with Crippen LogP contribution in [-0.4, -0.2) is 20.2 Å². The molecule has 0 bridgehead atoms. The van der Waals surface area contributed by atoms with Crippen LogP contribution in [0.1, 0.15) is 69.0 Å². The second kappa shape index (κ2) is 11.3. The summed E-state index contributed by atoms with van der Waals surface area (Å²) in [6.45, 7) is 4.84. The number of hydrogen-bond donors (Lipinski definition) is 0. The Kier molecular flexibility index (Phi) is 6.93. The zero-order valence-corrected chi connectivity index (χ0v) is 27.7. The minimum absolute atomic E-state index is 0.0461. The molecule has 0 spiro atoms. The normalized spacial score (nSPS) is 22.7. The number of thioether (sulfide) groups is 1. The average Bonchev–Trinajstić information content (AvgIpc) is 3.50. The maximum atomic E-state index is 6.32. The lowest BCUT2D eigenvalue weighted by atomic mass is 9.70. The molecule has 1 aliphatic heterocycles. The molecular formula is C42H37N3OS. The number of fused-ring (bicyclic) bond motifs is 4. The van der Waals surface area contributed by atoms with Crippen molar-refractivity contribution in [2.24, 2.45) is 5.41 Å². The van der Waals surface area contributed by atoms with Crippen molar-refractivity contribution < 1.29 is 4.42 Å².